The van der Waals surface area contributed by atoms with Crippen molar-refractivity contribution >= 4 is 5.78 Å². The Morgan fingerprint density at radius 2 is 2.07 bits per heavy atom. The molecule has 15 heavy (non-hydrogen) atoms. The highest BCUT2D eigenvalue weighted by Crippen LogP contribution is 2.18. The van der Waals surface area contributed by atoms with Gasteiger partial charge >= 0.3 is 0 Å². The van der Waals surface area contributed by atoms with Gasteiger partial charge in [0.1, 0.15) is 5.82 Å². The van der Waals surface area contributed by atoms with Crippen LogP contribution in [0.25, 0.3) is 0 Å². The summed E-state index contributed by atoms with van der Waals surface area (Å²) in [4.78, 5) is 11.5. The standard InChI is InChI=1S/C12H16FNO/c1-8(2)9-4-10(6-11(13)5-9)12(15)7-14-3/h4-6,8,14H,7H2,1-3H3. The number of hydrogen-bond acceptors (Lipinski definition) is 2. The molecule has 1 aromatic rings. The lowest BCUT2D eigenvalue weighted by molar-refractivity contribution is 0.0993. The van der Waals surface area contributed by atoms with Crippen molar-refractivity contribution in [1.29, 1.82) is 0 Å². The summed E-state index contributed by atoms with van der Waals surface area (Å²) in [5, 5.41) is 2.76. The zero-order chi connectivity index (χ0) is 11.4. The lowest BCUT2D eigenvalue weighted by Crippen LogP contribution is -2.18. The van der Waals surface area contributed by atoms with E-state index in [4.69, 9.17) is 0 Å². The molecule has 3 heteroatoms. The average Bonchev–Trinajstić information content (AvgIpc) is 2.17. The maximum absolute atomic E-state index is 13.2. The van der Waals surface area contributed by atoms with Gasteiger partial charge in [-0.1, -0.05) is 13.8 Å². The third kappa shape index (κ3) is 3.13. The SMILES string of the molecule is CNCC(=O)c1cc(F)cc(C(C)C)c1. The van der Waals surface area contributed by atoms with Crippen LogP contribution in [0.3, 0.4) is 0 Å². The van der Waals surface area contributed by atoms with Crippen LogP contribution in [0.2, 0.25) is 0 Å². The molecule has 0 unspecified atom stereocenters. The predicted molar refractivity (Wildman–Crippen MR) is 58.7 cm³/mol. The molecule has 0 atom stereocenters. The van der Waals surface area contributed by atoms with E-state index in [9.17, 15) is 9.18 Å². The molecule has 0 aliphatic heterocycles. The van der Waals surface area contributed by atoms with E-state index in [0.29, 0.717) is 5.56 Å². The van der Waals surface area contributed by atoms with Crippen molar-refractivity contribution in [3.8, 4) is 0 Å². The Labute approximate surface area is 89.5 Å². The third-order valence-electron chi connectivity index (χ3n) is 2.25. The van der Waals surface area contributed by atoms with Gasteiger partial charge in [-0.3, -0.25) is 4.79 Å². The van der Waals surface area contributed by atoms with Gasteiger partial charge in [-0.25, -0.2) is 4.39 Å². The largest absolute Gasteiger partial charge is 0.313 e. The molecule has 1 N–H and O–H groups in total. The summed E-state index contributed by atoms with van der Waals surface area (Å²) >= 11 is 0. The molecule has 1 rings (SSSR count). The maximum Gasteiger partial charge on any atom is 0.176 e. The van der Waals surface area contributed by atoms with E-state index in [2.05, 4.69) is 5.32 Å². The number of likely N-dealkylation sites (N-methyl/N-ethyl adjacent to an activating group) is 1. The molecule has 0 aromatic heterocycles. The highest BCUT2D eigenvalue weighted by Gasteiger charge is 2.09. The highest BCUT2D eigenvalue weighted by atomic mass is 19.1. The second-order valence-corrected chi connectivity index (χ2v) is 3.88. The van der Waals surface area contributed by atoms with Crippen LogP contribution in [0.1, 0.15) is 35.7 Å². The van der Waals surface area contributed by atoms with E-state index in [1.807, 2.05) is 13.8 Å². The van der Waals surface area contributed by atoms with Crippen LogP contribution in [-0.4, -0.2) is 19.4 Å². The molecular formula is C12H16FNO. The molecule has 82 valence electrons. The highest BCUT2D eigenvalue weighted by molar-refractivity contribution is 5.97. The average molecular weight is 209 g/mol. The topological polar surface area (TPSA) is 29.1 Å². The number of ketones is 1. The molecule has 0 spiro atoms. The van der Waals surface area contributed by atoms with Crippen LogP contribution in [0.4, 0.5) is 4.39 Å². The van der Waals surface area contributed by atoms with Gasteiger partial charge in [-0.05, 0) is 36.7 Å². The Morgan fingerprint density at radius 1 is 1.40 bits per heavy atom. The van der Waals surface area contributed by atoms with Gasteiger partial charge in [0, 0.05) is 5.56 Å². The van der Waals surface area contributed by atoms with Crippen molar-refractivity contribution in [1.82, 2.24) is 5.32 Å². The van der Waals surface area contributed by atoms with Crippen molar-refractivity contribution < 1.29 is 9.18 Å². The number of rotatable bonds is 4. The molecular weight excluding hydrogens is 193 g/mol. The smallest absolute Gasteiger partial charge is 0.176 e. The Balaban J connectivity index is 3.03. The van der Waals surface area contributed by atoms with Gasteiger partial charge in [0.2, 0.25) is 0 Å². The van der Waals surface area contributed by atoms with Crippen LogP contribution < -0.4 is 5.32 Å². The first-order valence-electron chi connectivity index (χ1n) is 5.03. The predicted octanol–water partition coefficient (Wildman–Crippen LogP) is 2.35. The number of hydrogen-bond donors (Lipinski definition) is 1. The number of carbonyl (C=O) groups is 1. The summed E-state index contributed by atoms with van der Waals surface area (Å²) in [5.74, 6) is -0.207. The minimum Gasteiger partial charge on any atom is -0.313 e. The molecule has 0 saturated carbocycles. The Kier molecular flexibility index (Phi) is 3.97. The number of nitrogens with one attached hydrogen (secondary N) is 1. The Morgan fingerprint density at radius 3 is 2.60 bits per heavy atom. The fourth-order valence-electron chi connectivity index (χ4n) is 1.37. The molecule has 0 saturated heterocycles. The zero-order valence-electron chi connectivity index (χ0n) is 9.30. The van der Waals surface area contributed by atoms with Crippen molar-refractivity contribution in [3.63, 3.8) is 0 Å². The summed E-state index contributed by atoms with van der Waals surface area (Å²) in [6, 6.07) is 4.51. The summed E-state index contributed by atoms with van der Waals surface area (Å²) in [7, 11) is 1.69. The van der Waals surface area contributed by atoms with Crippen molar-refractivity contribution in [3.05, 3.63) is 35.1 Å². The summed E-state index contributed by atoms with van der Waals surface area (Å²) in [5.41, 5.74) is 1.29. The van der Waals surface area contributed by atoms with E-state index >= 15 is 0 Å². The van der Waals surface area contributed by atoms with Gasteiger partial charge in [0.15, 0.2) is 5.78 Å². The molecule has 0 radical (unpaired) electrons. The van der Waals surface area contributed by atoms with Crippen molar-refractivity contribution in [2.24, 2.45) is 0 Å². The monoisotopic (exact) mass is 209 g/mol. The first-order chi connectivity index (χ1) is 7.04. The first-order valence-corrected chi connectivity index (χ1v) is 5.03. The van der Waals surface area contributed by atoms with Gasteiger partial charge in [-0.2, -0.15) is 0 Å². The van der Waals surface area contributed by atoms with Crippen LogP contribution in [-0.2, 0) is 0 Å². The van der Waals surface area contributed by atoms with Crippen LogP contribution in [0, 0.1) is 5.82 Å². The number of carbonyl (C=O) groups excluding carboxylic acids is 1. The number of benzene rings is 1. The van der Waals surface area contributed by atoms with Gasteiger partial charge in [0.25, 0.3) is 0 Å². The molecule has 2 nitrogen and oxygen atoms in total. The van der Waals surface area contributed by atoms with Crippen molar-refractivity contribution in [2.75, 3.05) is 13.6 Å². The number of Topliss-reactive ketones (excluding diaryl/α,β-unsaturated/α-hetero) is 1. The molecule has 0 amide bonds. The first kappa shape index (κ1) is 11.9. The molecule has 1 aromatic carbocycles. The Hall–Kier alpha value is -1.22. The fourth-order valence-corrected chi connectivity index (χ4v) is 1.37. The van der Waals surface area contributed by atoms with E-state index < -0.39 is 0 Å². The second-order valence-electron chi connectivity index (χ2n) is 3.88. The molecule has 0 fully saturated rings. The van der Waals surface area contributed by atoms with Gasteiger partial charge < -0.3 is 5.32 Å². The molecule has 0 aliphatic carbocycles. The van der Waals surface area contributed by atoms with Crippen LogP contribution in [0.5, 0.6) is 0 Å². The third-order valence-corrected chi connectivity index (χ3v) is 2.25. The van der Waals surface area contributed by atoms with Crippen molar-refractivity contribution in [2.45, 2.75) is 19.8 Å². The lowest BCUT2D eigenvalue weighted by Gasteiger charge is -2.08. The van der Waals surface area contributed by atoms with E-state index in [0.717, 1.165) is 5.56 Å². The van der Waals surface area contributed by atoms with Gasteiger partial charge in [-0.15, -0.1) is 0 Å². The molecule has 0 aliphatic rings. The van der Waals surface area contributed by atoms with Crippen LogP contribution in [0.15, 0.2) is 18.2 Å². The minimum absolute atomic E-state index is 0.0844. The Bertz CT molecular complexity index is 361. The van der Waals surface area contributed by atoms with E-state index in [1.54, 1.807) is 13.1 Å². The lowest BCUT2D eigenvalue weighted by atomic mass is 9.99. The zero-order valence-corrected chi connectivity index (χ0v) is 9.30. The van der Waals surface area contributed by atoms with E-state index in [-0.39, 0.29) is 24.1 Å². The van der Waals surface area contributed by atoms with Crippen LogP contribution >= 0.6 is 0 Å². The van der Waals surface area contributed by atoms with E-state index in [1.165, 1.54) is 12.1 Å². The molecule has 0 bridgehead atoms. The quantitative estimate of drug-likeness (QED) is 0.771. The summed E-state index contributed by atoms with van der Waals surface area (Å²) in [6.07, 6.45) is 0. The minimum atomic E-state index is -0.347. The summed E-state index contributed by atoms with van der Waals surface area (Å²) in [6.45, 7) is 4.18. The van der Waals surface area contributed by atoms with Gasteiger partial charge in [0.05, 0.1) is 6.54 Å². The maximum atomic E-state index is 13.2. The summed E-state index contributed by atoms with van der Waals surface area (Å²) < 4.78 is 13.2. The fraction of sp³-hybridized carbons (Fsp3) is 0.417. The molecule has 0 heterocycles. The second kappa shape index (κ2) is 5.03. The normalized spacial score (nSPS) is 10.7. The number of halogens is 1.